The van der Waals surface area contributed by atoms with Crippen molar-refractivity contribution in [1.82, 2.24) is 10.6 Å². The Morgan fingerprint density at radius 2 is 1.67 bits per heavy atom. The van der Waals surface area contributed by atoms with E-state index >= 15 is 0 Å². The van der Waals surface area contributed by atoms with Crippen molar-refractivity contribution < 1.29 is 19.2 Å². The molecule has 1 aromatic carbocycles. The third-order valence-corrected chi connectivity index (χ3v) is 4.10. The molecule has 0 aliphatic rings. The Hall–Kier alpha value is -2.41. The summed E-state index contributed by atoms with van der Waals surface area (Å²) in [7, 11) is 0. The molecule has 148 valence electrons. The first-order chi connectivity index (χ1) is 12.8. The molecular weight excluding hydrogens is 370 g/mol. The second kappa shape index (κ2) is 12.1. The highest BCUT2D eigenvalue weighted by Gasteiger charge is 2.13. The van der Waals surface area contributed by atoms with Crippen LogP contribution in [0.25, 0.3) is 0 Å². The highest BCUT2D eigenvalue weighted by molar-refractivity contribution is 6.30. The number of hydrogen-bond acceptors (Lipinski definition) is 4. The third kappa shape index (κ3) is 9.75. The van der Waals surface area contributed by atoms with E-state index in [9.17, 15) is 19.2 Å². The summed E-state index contributed by atoms with van der Waals surface area (Å²) in [5, 5.41) is 5.88. The summed E-state index contributed by atoms with van der Waals surface area (Å²) < 4.78 is 0. The number of rotatable bonds is 12. The fourth-order valence-electron chi connectivity index (χ4n) is 2.51. The Morgan fingerprint density at radius 1 is 1.00 bits per heavy atom. The first-order valence-corrected chi connectivity index (χ1v) is 9.28. The third-order valence-electron chi connectivity index (χ3n) is 3.87. The Kier molecular flexibility index (Phi) is 10.1. The molecule has 1 aromatic rings. The molecule has 8 heteroatoms. The number of nitrogens with two attached hydrogens (primary N) is 1. The van der Waals surface area contributed by atoms with E-state index in [1.165, 1.54) is 6.92 Å². The van der Waals surface area contributed by atoms with E-state index in [1.54, 1.807) is 18.2 Å². The Bertz CT molecular complexity index is 692. The average molecular weight is 396 g/mol. The van der Waals surface area contributed by atoms with Gasteiger partial charge >= 0.3 is 0 Å². The van der Waals surface area contributed by atoms with E-state index in [2.05, 4.69) is 10.6 Å². The number of primary amides is 1. The highest BCUT2D eigenvalue weighted by Crippen LogP contribution is 2.19. The van der Waals surface area contributed by atoms with Crippen molar-refractivity contribution in [3.63, 3.8) is 0 Å². The minimum Gasteiger partial charge on any atom is -0.370 e. The Morgan fingerprint density at radius 3 is 2.33 bits per heavy atom. The number of halogens is 1. The van der Waals surface area contributed by atoms with Crippen LogP contribution in [-0.2, 0) is 20.8 Å². The summed E-state index contributed by atoms with van der Waals surface area (Å²) in [5.74, 6) is -0.728. The quantitative estimate of drug-likeness (QED) is 0.369. The maximum Gasteiger partial charge on any atom is 0.220 e. The summed E-state index contributed by atoms with van der Waals surface area (Å²) in [6, 6.07) is 4.97. The molecule has 3 amide bonds. The van der Waals surface area contributed by atoms with Crippen molar-refractivity contribution in [1.29, 1.82) is 0 Å². The first kappa shape index (κ1) is 22.6. The van der Waals surface area contributed by atoms with Crippen molar-refractivity contribution in [3.8, 4) is 0 Å². The van der Waals surface area contributed by atoms with Crippen LogP contribution < -0.4 is 16.4 Å². The molecule has 1 rings (SSSR count). The Balaban J connectivity index is 2.39. The number of carbonyl (C=O) groups is 4. The van der Waals surface area contributed by atoms with Gasteiger partial charge in [-0.15, -0.1) is 0 Å². The van der Waals surface area contributed by atoms with Crippen molar-refractivity contribution in [2.75, 3.05) is 13.1 Å². The summed E-state index contributed by atoms with van der Waals surface area (Å²) >= 11 is 5.97. The normalized spacial score (nSPS) is 10.3. The minimum absolute atomic E-state index is 0.0638. The van der Waals surface area contributed by atoms with E-state index in [0.717, 1.165) is 0 Å². The molecule has 0 radical (unpaired) electrons. The molecule has 0 heterocycles. The molecule has 0 aromatic heterocycles. The van der Waals surface area contributed by atoms with E-state index in [0.29, 0.717) is 54.9 Å². The van der Waals surface area contributed by atoms with Crippen LogP contribution in [0.5, 0.6) is 0 Å². The van der Waals surface area contributed by atoms with Crippen molar-refractivity contribution in [3.05, 3.63) is 34.3 Å². The summed E-state index contributed by atoms with van der Waals surface area (Å²) in [6.45, 7) is 2.29. The van der Waals surface area contributed by atoms with Crippen LogP contribution in [0.4, 0.5) is 0 Å². The maximum absolute atomic E-state index is 12.4. The molecule has 0 saturated heterocycles. The number of nitrogens with one attached hydrogen (secondary N) is 2. The molecule has 0 saturated carbocycles. The summed E-state index contributed by atoms with van der Waals surface area (Å²) in [5.41, 5.74) is 6.40. The lowest BCUT2D eigenvalue weighted by Crippen LogP contribution is -2.27. The minimum atomic E-state index is -0.436. The zero-order valence-corrected chi connectivity index (χ0v) is 16.2. The van der Waals surface area contributed by atoms with Crippen molar-refractivity contribution in [2.24, 2.45) is 5.73 Å². The maximum atomic E-state index is 12.4. The van der Waals surface area contributed by atoms with Gasteiger partial charge in [-0.2, -0.15) is 0 Å². The second-order valence-corrected chi connectivity index (χ2v) is 6.67. The van der Waals surface area contributed by atoms with Crippen molar-refractivity contribution >= 4 is 35.1 Å². The van der Waals surface area contributed by atoms with Gasteiger partial charge in [0, 0.05) is 49.9 Å². The van der Waals surface area contributed by atoms with E-state index in [-0.39, 0.29) is 30.4 Å². The molecular formula is C19H26ClN3O4. The molecule has 0 atom stereocenters. The first-order valence-electron chi connectivity index (χ1n) is 8.90. The number of aryl methyl sites for hydroxylation is 1. The van der Waals surface area contributed by atoms with Gasteiger partial charge in [-0.1, -0.05) is 11.6 Å². The molecule has 0 unspecified atom stereocenters. The predicted molar refractivity (Wildman–Crippen MR) is 103 cm³/mol. The summed E-state index contributed by atoms with van der Waals surface area (Å²) in [4.78, 5) is 45.8. The Labute approximate surface area is 164 Å². The fourth-order valence-corrected chi connectivity index (χ4v) is 2.71. The largest absolute Gasteiger partial charge is 0.370 e. The topological polar surface area (TPSA) is 118 Å². The fraction of sp³-hybridized carbons (Fsp3) is 0.474. The van der Waals surface area contributed by atoms with Crippen LogP contribution in [0.15, 0.2) is 18.2 Å². The second-order valence-electron chi connectivity index (χ2n) is 6.23. The van der Waals surface area contributed by atoms with Crippen LogP contribution in [0, 0.1) is 0 Å². The predicted octanol–water partition coefficient (Wildman–Crippen LogP) is 1.75. The zero-order valence-electron chi connectivity index (χ0n) is 15.5. The lowest BCUT2D eigenvalue weighted by molar-refractivity contribution is -0.122. The van der Waals surface area contributed by atoms with Gasteiger partial charge in [0.15, 0.2) is 5.78 Å². The number of ketones is 1. The van der Waals surface area contributed by atoms with Gasteiger partial charge in [-0.25, -0.2) is 0 Å². The number of carbonyl (C=O) groups excluding carboxylic acids is 4. The van der Waals surface area contributed by atoms with Crippen molar-refractivity contribution in [2.45, 2.75) is 45.4 Å². The number of Topliss-reactive ketones (excluding diaryl/α,β-unsaturated/α-hetero) is 1. The van der Waals surface area contributed by atoms with Crippen LogP contribution in [0.3, 0.4) is 0 Å². The molecule has 27 heavy (non-hydrogen) atoms. The molecule has 0 spiro atoms. The molecule has 0 bridgehead atoms. The van der Waals surface area contributed by atoms with E-state index in [4.69, 9.17) is 17.3 Å². The highest BCUT2D eigenvalue weighted by atomic mass is 35.5. The van der Waals surface area contributed by atoms with Gasteiger partial charge in [-0.05, 0) is 43.0 Å². The number of benzene rings is 1. The monoisotopic (exact) mass is 395 g/mol. The van der Waals surface area contributed by atoms with Gasteiger partial charge in [0.2, 0.25) is 17.7 Å². The van der Waals surface area contributed by atoms with E-state index < -0.39 is 5.91 Å². The molecule has 7 nitrogen and oxygen atoms in total. The van der Waals surface area contributed by atoms with Gasteiger partial charge in [0.1, 0.15) is 0 Å². The van der Waals surface area contributed by atoms with Gasteiger partial charge in [-0.3, -0.25) is 19.2 Å². The standard InChI is InChI=1S/C19H26ClN3O4/c1-13(24)22-10-3-5-19(27)23-11-2-4-17(25)16-8-7-15(20)12-14(16)6-9-18(21)26/h7-8,12H,2-6,9-11H2,1H3,(H2,21,26)(H,22,24)(H,23,27). The van der Waals surface area contributed by atoms with Crippen LogP contribution in [-0.4, -0.2) is 36.6 Å². The van der Waals surface area contributed by atoms with E-state index in [1.807, 2.05) is 0 Å². The zero-order chi connectivity index (χ0) is 20.2. The lowest BCUT2D eigenvalue weighted by Gasteiger charge is -2.09. The average Bonchev–Trinajstić information content (AvgIpc) is 2.60. The van der Waals surface area contributed by atoms with Crippen LogP contribution >= 0.6 is 11.6 Å². The number of amides is 3. The molecule has 4 N–H and O–H groups in total. The summed E-state index contributed by atoms with van der Waals surface area (Å²) in [6.07, 6.45) is 2.18. The lowest BCUT2D eigenvalue weighted by atomic mass is 9.97. The number of hydrogen-bond donors (Lipinski definition) is 3. The van der Waals surface area contributed by atoms with Crippen LogP contribution in [0.2, 0.25) is 5.02 Å². The van der Waals surface area contributed by atoms with Crippen LogP contribution in [0.1, 0.15) is 54.9 Å². The molecule has 0 aliphatic carbocycles. The van der Waals surface area contributed by atoms with Gasteiger partial charge in [0.05, 0.1) is 0 Å². The van der Waals surface area contributed by atoms with Gasteiger partial charge in [0.25, 0.3) is 0 Å². The van der Waals surface area contributed by atoms with Gasteiger partial charge < -0.3 is 16.4 Å². The molecule has 0 aliphatic heterocycles. The smallest absolute Gasteiger partial charge is 0.220 e. The SMILES string of the molecule is CC(=O)NCCCC(=O)NCCCC(=O)c1ccc(Cl)cc1CCC(N)=O. The molecule has 0 fully saturated rings.